The van der Waals surface area contributed by atoms with Crippen molar-refractivity contribution in [3.8, 4) is 0 Å². The Morgan fingerprint density at radius 3 is 3.00 bits per heavy atom. The molecule has 1 aliphatic heterocycles. The summed E-state index contributed by atoms with van der Waals surface area (Å²) < 4.78 is 5.97. The summed E-state index contributed by atoms with van der Waals surface area (Å²) in [4.78, 5) is 11.9. The lowest BCUT2D eigenvalue weighted by Gasteiger charge is -2.17. The molecule has 1 unspecified atom stereocenters. The molecule has 1 atom stereocenters. The molecule has 1 heterocycles. The van der Waals surface area contributed by atoms with Gasteiger partial charge in [-0.25, -0.2) is 4.79 Å². The second-order valence-corrected chi connectivity index (χ2v) is 5.60. The summed E-state index contributed by atoms with van der Waals surface area (Å²) >= 11 is 3.45. The Bertz CT molecular complexity index is 471. The standard InChI is InChI=1S/C14H19BrN2O2/c1-3-19-14(18)12-6-10(15)7-13(9(12)2)17-11-4-5-16-8-11/h6-7,11,16-17H,3-5,8H2,1-2H3. The Balaban J connectivity index is 2.25. The second kappa shape index (κ2) is 6.39. The van der Waals surface area contributed by atoms with Crippen LogP contribution in [0.1, 0.15) is 29.3 Å². The third kappa shape index (κ3) is 3.48. The average molecular weight is 327 g/mol. The second-order valence-electron chi connectivity index (χ2n) is 4.68. The average Bonchev–Trinajstić information content (AvgIpc) is 2.86. The summed E-state index contributed by atoms with van der Waals surface area (Å²) in [5.74, 6) is -0.270. The van der Waals surface area contributed by atoms with Crippen LogP contribution in [0.5, 0.6) is 0 Å². The van der Waals surface area contributed by atoms with Crippen LogP contribution < -0.4 is 10.6 Å². The topological polar surface area (TPSA) is 50.4 Å². The maximum absolute atomic E-state index is 11.9. The highest BCUT2D eigenvalue weighted by Crippen LogP contribution is 2.27. The number of esters is 1. The first kappa shape index (κ1) is 14.3. The van der Waals surface area contributed by atoms with Crippen LogP contribution in [-0.4, -0.2) is 31.7 Å². The smallest absolute Gasteiger partial charge is 0.338 e. The fourth-order valence-corrected chi connectivity index (χ4v) is 2.71. The molecule has 1 saturated heterocycles. The van der Waals surface area contributed by atoms with Crippen molar-refractivity contribution in [1.82, 2.24) is 5.32 Å². The van der Waals surface area contributed by atoms with Crippen LogP contribution in [0.15, 0.2) is 16.6 Å². The zero-order valence-electron chi connectivity index (χ0n) is 11.3. The highest BCUT2D eigenvalue weighted by molar-refractivity contribution is 9.10. The molecule has 4 nitrogen and oxygen atoms in total. The molecule has 0 saturated carbocycles. The van der Waals surface area contributed by atoms with E-state index in [1.54, 1.807) is 0 Å². The molecule has 1 aromatic carbocycles. The number of carbonyl (C=O) groups is 1. The molecular formula is C14H19BrN2O2. The van der Waals surface area contributed by atoms with Crippen LogP contribution >= 0.6 is 15.9 Å². The van der Waals surface area contributed by atoms with E-state index in [-0.39, 0.29) is 5.97 Å². The fraction of sp³-hybridized carbons (Fsp3) is 0.500. The number of benzene rings is 1. The number of rotatable bonds is 4. The van der Waals surface area contributed by atoms with Gasteiger partial charge in [0.15, 0.2) is 0 Å². The van der Waals surface area contributed by atoms with Gasteiger partial charge in [-0.3, -0.25) is 0 Å². The molecule has 0 radical (unpaired) electrons. The van der Waals surface area contributed by atoms with Gasteiger partial charge in [-0.2, -0.15) is 0 Å². The minimum atomic E-state index is -0.270. The molecule has 5 heteroatoms. The van der Waals surface area contributed by atoms with Crippen molar-refractivity contribution >= 4 is 27.6 Å². The molecule has 0 spiro atoms. The molecule has 104 valence electrons. The van der Waals surface area contributed by atoms with Crippen molar-refractivity contribution in [2.45, 2.75) is 26.3 Å². The van der Waals surface area contributed by atoms with E-state index in [0.717, 1.165) is 35.2 Å². The minimum Gasteiger partial charge on any atom is -0.462 e. The molecule has 1 aromatic rings. The van der Waals surface area contributed by atoms with Gasteiger partial charge in [0.05, 0.1) is 12.2 Å². The fourth-order valence-electron chi connectivity index (χ4n) is 2.25. The van der Waals surface area contributed by atoms with Gasteiger partial charge in [0.1, 0.15) is 0 Å². The highest BCUT2D eigenvalue weighted by atomic mass is 79.9. The molecule has 0 bridgehead atoms. The van der Waals surface area contributed by atoms with E-state index >= 15 is 0 Å². The SMILES string of the molecule is CCOC(=O)c1cc(Br)cc(NC2CCNC2)c1C. The van der Waals surface area contributed by atoms with E-state index in [9.17, 15) is 4.79 Å². The van der Waals surface area contributed by atoms with Crippen molar-refractivity contribution in [1.29, 1.82) is 0 Å². The Morgan fingerprint density at radius 2 is 2.37 bits per heavy atom. The summed E-state index contributed by atoms with van der Waals surface area (Å²) in [6.45, 7) is 6.15. The number of hydrogen-bond acceptors (Lipinski definition) is 4. The maximum Gasteiger partial charge on any atom is 0.338 e. The molecule has 0 aromatic heterocycles. The van der Waals surface area contributed by atoms with Crippen molar-refractivity contribution in [3.05, 3.63) is 27.7 Å². The molecule has 2 rings (SSSR count). The Hall–Kier alpha value is -1.07. The number of halogens is 1. The quantitative estimate of drug-likeness (QED) is 0.835. The molecule has 2 N–H and O–H groups in total. The van der Waals surface area contributed by atoms with Gasteiger partial charge >= 0.3 is 5.97 Å². The Morgan fingerprint density at radius 1 is 1.58 bits per heavy atom. The Labute approximate surface area is 122 Å². The van der Waals surface area contributed by atoms with Crippen LogP contribution in [0.25, 0.3) is 0 Å². The molecule has 0 amide bonds. The van der Waals surface area contributed by atoms with Crippen LogP contribution in [0.2, 0.25) is 0 Å². The van der Waals surface area contributed by atoms with Crippen LogP contribution in [0.4, 0.5) is 5.69 Å². The van der Waals surface area contributed by atoms with Crippen molar-refractivity contribution in [3.63, 3.8) is 0 Å². The third-order valence-corrected chi connectivity index (χ3v) is 3.75. The van der Waals surface area contributed by atoms with Gasteiger partial charge in [-0.1, -0.05) is 15.9 Å². The first-order chi connectivity index (χ1) is 9.11. The lowest BCUT2D eigenvalue weighted by atomic mass is 10.1. The van der Waals surface area contributed by atoms with Gasteiger partial charge < -0.3 is 15.4 Å². The number of carbonyl (C=O) groups excluding carboxylic acids is 1. The predicted octanol–water partition coefficient (Wildman–Crippen LogP) is 2.71. The molecule has 19 heavy (non-hydrogen) atoms. The summed E-state index contributed by atoms with van der Waals surface area (Å²) in [5, 5.41) is 6.81. The monoisotopic (exact) mass is 326 g/mol. The molecule has 1 fully saturated rings. The van der Waals surface area contributed by atoms with Gasteiger partial charge in [-0.05, 0) is 44.5 Å². The zero-order chi connectivity index (χ0) is 13.8. The third-order valence-electron chi connectivity index (χ3n) is 3.29. The summed E-state index contributed by atoms with van der Waals surface area (Å²) in [6, 6.07) is 4.24. The number of ether oxygens (including phenoxy) is 1. The lowest BCUT2D eigenvalue weighted by Crippen LogP contribution is -2.23. The van der Waals surface area contributed by atoms with E-state index in [2.05, 4.69) is 26.6 Å². The minimum absolute atomic E-state index is 0.270. The van der Waals surface area contributed by atoms with Crippen LogP contribution in [-0.2, 0) is 4.74 Å². The highest BCUT2D eigenvalue weighted by Gasteiger charge is 2.18. The molecule has 1 aliphatic rings. The van der Waals surface area contributed by atoms with Crippen LogP contribution in [0.3, 0.4) is 0 Å². The number of hydrogen-bond donors (Lipinski definition) is 2. The lowest BCUT2D eigenvalue weighted by molar-refractivity contribution is 0.0525. The normalized spacial score (nSPS) is 18.4. The van der Waals surface area contributed by atoms with Crippen LogP contribution in [0, 0.1) is 6.92 Å². The largest absolute Gasteiger partial charge is 0.462 e. The summed E-state index contributed by atoms with van der Waals surface area (Å²) in [6.07, 6.45) is 1.10. The van der Waals surface area contributed by atoms with E-state index in [1.807, 2.05) is 26.0 Å². The first-order valence-corrected chi connectivity index (χ1v) is 7.35. The van der Waals surface area contributed by atoms with Crippen molar-refractivity contribution in [2.24, 2.45) is 0 Å². The van der Waals surface area contributed by atoms with Crippen molar-refractivity contribution < 1.29 is 9.53 Å². The van der Waals surface area contributed by atoms with E-state index in [4.69, 9.17) is 4.74 Å². The van der Waals surface area contributed by atoms with E-state index < -0.39 is 0 Å². The van der Waals surface area contributed by atoms with Gasteiger partial charge in [0.2, 0.25) is 0 Å². The number of nitrogens with one attached hydrogen (secondary N) is 2. The van der Waals surface area contributed by atoms with E-state index in [1.165, 1.54) is 0 Å². The number of anilines is 1. The van der Waals surface area contributed by atoms with Gasteiger partial charge in [0, 0.05) is 22.7 Å². The van der Waals surface area contributed by atoms with Gasteiger partial charge in [0.25, 0.3) is 0 Å². The molecule has 0 aliphatic carbocycles. The maximum atomic E-state index is 11.9. The Kier molecular flexibility index (Phi) is 4.82. The van der Waals surface area contributed by atoms with E-state index in [0.29, 0.717) is 18.2 Å². The summed E-state index contributed by atoms with van der Waals surface area (Å²) in [7, 11) is 0. The van der Waals surface area contributed by atoms with Crippen molar-refractivity contribution in [2.75, 3.05) is 25.0 Å². The molecular weight excluding hydrogens is 308 g/mol. The zero-order valence-corrected chi connectivity index (χ0v) is 12.8. The van der Waals surface area contributed by atoms with Gasteiger partial charge in [-0.15, -0.1) is 0 Å². The summed E-state index contributed by atoms with van der Waals surface area (Å²) in [5.41, 5.74) is 2.55. The first-order valence-electron chi connectivity index (χ1n) is 6.56. The predicted molar refractivity (Wildman–Crippen MR) is 79.7 cm³/mol.